The Morgan fingerprint density at radius 3 is 2.56 bits per heavy atom. The minimum absolute atomic E-state index is 0.0544. The van der Waals surface area contributed by atoms with Gasteiger partial charge in [-0.25, -0.2) is 4.79 Å². The second kappa shape index (κ2) is 7.33. The standard InChI is InChI=1S/C18H16Cl2N2O3/c1-25-18(24)11-2-5-13(6-3-11)21-15-8-9-22(17(15)23)16-7-4-12(19)10-14(16)20/h2-7,10,15,21H,8-9H2,1H3. The van der Waals surface area contributed by atoms with Crippen molar-refractivity contribution in [1.82, 2.24) is 0 Å². The molecule has 0 saturated carbocycles. The molecule has 1 heterocycles. The Kier molecular flexibility index (Phi) is 5.16. The van der Waals surface area contributed by atoms with Crippen molar-refractivity contribution in [3.63, 3.8) is 0 Å². The van der Waals surface area contributed by atoms with Crippen molar-refractivity contribution in [2.24, 2.45) is 0 Å². The molecule has 1 saturated heterocycles. The van der Waals surface area contributed by atoms with Crippen LogP contribution in [0.15, 0.2) is 42.5 Å². The van der Waals surface area contributed by atoms with Crippen molar-refractivity contribution in [2.45, 2.75) is 12.5 Å². The summed E-state index contributed by atoms with van der Waals surface area (Å²) in [5.41, 5.74) is 1.87. The van der Waals surface area contributed by atoms with E-state index in [0.29, 0.717) is 34.3 Å². The molecule has 130 valence electrons. The predicted molar refractivity (Wildman–Crippen MR) is 98.6 cm³/mol. The summed E-state index contributed by atoms with van der Waals surface area (Å²) in [4.78, 5) is 25.8. The van der Waals surface area contributed by atoms with Crippen molar-refractivity contribution in [3.8, 4) is 0 Å². The smallest absolute Gasteiger partial charge is 0.337 e. The Morgan fingerprint density at radius 2 is 1.92 bits per heavy atom. The van der Waals surface area contributed by atoms with E-state index in [9.17, 15) is 9.59 Å². The maximum absolute atomic E-state index is 12.7. The molecule has 1 fully saturated rings. The van der Waals surface area contributed by atoms with Crippen molar-refractivity contribution < 1.29 is 14.3 Å². The van der Waals surface area contributed by atoms with Gasteiger partial charge in [0.1, 0.15) is 6.04 Å². The van der Waals surface area contributed by atoms with Gasteiger partial charge in [0.25, 0.3) is 0 Å². The number of ether oxygens (including phenoxy) is 1. The molecule has 0 spiro atoms. The number of carbonyl (C=O) groups is 2. The second-order valence-corrected chi connectivity index (χ2v) is 6.48. The number of amides is 1. The molecule has 0 aromatic heterocycles. The van der Waals surface area contributed by atoms with Crippen LogP contribution in [0.1, 0.15) is 16.8 Å². The quantitative estimate of drug-likeness (QED) is 0.816. The van der Waals surface area contributed by atoms with E-state index in [-0.39, 0.29) is 11.9 Å². The van der Waals surface area contributed by atoms with Crippen LogP contribution in [-0.2, 0) is 9.53 Å². The fourth-order valence-electron chi connectivity index (χ4n) is 2.77. The van der Waals surface area contributed by atoms with Gasteiger partial charge >= 0.3 is 5.97 Å². The molecule has 0 radical (unpaired) electrons. The van der Waals surface area contributed by atoms with E-state index < -0.39 is 5.97 Å². The Morgan fingerprint density at radius 1 is 1.20 bits per heavy atom. The van der Waals surface area contributed by atoms with Gasteiger partial charge in [0.2, 0.25) is 5.91 Å². The Bertz CT molecular complexity index is 808. The highest BCUT2D eigenvalue weighted by molar-refractivity contribution is 6.36. The first kappa shape index (κ1) is 17.6. The van der Waals surface area contributed by atoms with Crippen molar-refractivity contribution >= 4 is 46.5 Å². The van der Waals surface area contributed by atoms with Crippen LogP contribution in [0.2, 0.25) is 10.0 Å². The number of hydrogen-bond donors (Lipinski definition) is 1. The molecule has 1 atom stereocenters. The van der Waals surface area contributed by atoms with Crippen LogP contribution in [0.5, 0.6) is 0 Å². The zero-order valence-corrected chi connectivity index (χ0v) is 15.0. The molecule has 25 heavy (non-hydrogen) atoms. The number of esters is 1. The summed E-state index contributed by atoms with van der Waals surface area (Å²) in [6.45, 7) is 0.568. The average molecular weight is 379 g/mol. The van der Waals surface area contributed by atoms with Gasteiger partial charge in [0.15, 0.2) is 0 Å². The first-order valence-corrected chi connectivity index (χ1v) is 8.46. The van der Waals surface area contributed by atoms with E-state index in [4.69, 9.17) is 23.2 Å². The fourth-order valence-corrected chi connectivity index (χ4v) is 3.29. The normalized spacial score (nSPS) is 16.8. The third-order valence-corrected chi connectivity index (χ3v) is 4.59. The van der Waals surface area contributed by atoms with Gasteiger partial charge in [-0.1, -0.05) is 23.2 Å². The van der Waals surface area contributed by atoms with Crippen LogP contribution in [0.4, 0.5) is 11.4 Å². The van der Waals surface area contributed by atoms with E-state index in [0.717, 1.165) is 5.69 Å². The molecule has 5 nitrogen and oxygen atoms in total. The van der Waals surface area contributed by atoms with Gasteiger partial charge in [-0.05, 0) is 48.9 Å². The summed E-state index contributed by atoms with van der Waals surface area (Å²) in [5.74, 6) is -0.451. The van der Waals surface area contributed by atoms with Crippen molar-refractivity contribution in [2.75, 3.05) is 23.9 Å². The van der Waals surface area contributed by atoms with Crippen LogP contribution >= 0.6 is 23.2 Å². The van der Waals surface area contributed by atoms with Crippen LogP contribution in [0.3, 0.4) is 0 Å². The Balaban J connectivity index is 1.71. The Hall–Kier alpha value is -2.24. The predicted octanol–water partition coefficient (Wildman–Crippen LogP) is 4.00. The molecule has 1 aliphatic heterocycles. The summed E-state index contributed by atoms with van der Waals surface area (Å²) >= 11 is 12.1. The van der Waals surface area contributed by atoms with E-state index in [1.165, 1.54) is 7.11 Å². The highest BCUT2D eigenvalue weighted by Gasteiger charge is 2.33. The largest absolute Gasteiger partial charge is 0.465 e. The van der Waals surface area contributed by atoms with Gasteiger partial charge in [-0.15, -0.1) is 0 Å². The number of methoxy groups -OCH3 is 1. The first-order chi connectivity index (χ1) is 12.0. The maximum atomic E-state index is 12.7. The highest BCUT2D eigenvalue weighted by atomic mass is 35.5. The monoisotopic (exact) mass is 378 g/mol. The lowest BCUT2D eigenvalue weighted by Crippen LogP contribution is -2.33. The van der Waals surface area contributed by atoms with E-state index in [1.807, 2.05) is 0 Å². The number of hydrogen-bond acceptors (Lipinski definition) is 4. The van der Waals surface area contributed by atoms with Crippen molar-refractivity contribution in [3.05, 3.63) is 58.1 Å². The zero-order chi connectivity index (χ0) is 18.0. The molecule has 0 aliphatic carbocycles. The van der Waals surface area contributed by atoms with Gasteiger partial charge in [-0.2, -0.15) is 0 Å². The minimum Gasteiger partial charge on any atom is -0.465 e. The number of benzene rings is 2. The summed E-state index contributed by atoms with van der Waals surface area (Å²) in [7, 11) is 1.34. The number of rotatable bonds is 4. The molecule has 3 rings (SSSR count). The molecular formula is C18H16Cl2N2O3. The van der Waals surface area contributed by atoms with Gasteiger partial charge in [0, 0.05) is 17.3 Å². The molecule has 1 aliphatic rings. The fraction of sp³-hybridized carbons (Fsp3) is 0.222. The Labute approximate surface area is 155 Å². The number of carbonyl (C=O) groups excluding carboxylic acids is 2. The third kappa shape index (κ3) is 3.72. The molecule has 0 bridgehead atoms. The lowest BCUT2D eigenvalue weighted by Gasteiger charge is -2.19. The molecule has 1 N–H and O–H groups in total. The SMILES string of the molecule is COC(=O)c1ccc(NC2CCN(c3ccc(Cl)cc3Cl)C2=O)cc1. The van der Waals surface area contributed by atoms with Crippen LogP contribution < -0.4 is 10.2 Å². The van der Waals surface area contributed by atoms with E-state index in [1.54, 1.807) is 47.4 Å². The van der Waals surface area contributed by atoms with E-state index in [2.05, 4.69) is 10.1 Å². The lowest BCUT2D eigenvalue weighted by molar-refractivity contribution is -0.117. The van der Waals surface area contributed by atoms with Crippen LogP contribution in [0, 0.1) is 0 Å². The third-order valence-electron chi connectivity index (χ3n) is 4.05. The highest BCUT2D eigenvalue weighted by Crippen LogP contribution is 2.32. The minimum atomic E-state index is -0.396. The molecule has 2 aromatic rings. The summed E-state index contributed by atoms with van der Waals surface area (Å²) < 4.78 is 4.67. The molecule has 2 aromatic carbocycles. The number of anilines is 2. The van der Waals surface area contributed by atoms with Gasteiger partial charge in [-0.3, -0.25) is 4.79 Å². The summed E-state index contributed by atoms with van der Waals surface area (Å²) in [6, 6.07) is 11.5. The molecule has 1 amide bonds. The maximum Gasteiger partial charge on any atom is 0.337 e. The lowest BCUT2D eigenvalue weighted by atomic mass is 10.2. The van der Waals surface area contributed by atoms with E-state index >= 15 is 0 Å². The van der Waals surface area contributed by atoms with Crippen LogP contribution in [-0.4, -0.2) is 31.6 Å². The second-order valence-electron chi connectivity index (χ2n) is 5.64. The number of halogens is 2. The number of nitrogens with one attached hydrogen (secondary N) is 1. The van der Waals surface area contributed by atoms with Crippen molar-refractivity contribution in [1.29, 1.82) is 0 Å². The molecule has 1 unspecified atom stereocenters. The molecular weight excluding hydrogens is 363 g/mol. The topological polar surface area (TPSA) is 58.6 Å². The van der Waals surface area contributed by atoms with Gasteiger partial charge in [0.05, 0.1) is 23.4 Å². The average Bonchev–Trinajstić information content (AvgIpc) is 2.95. The zero-order valence-electron chi connectivity index (χ0n) is 13.5. The van der Waals surface area contributed by atoms with Crippen LogP contribution in [0.25, 0.3) is 0 Å². The summed E-state index contributed by atoms with van der Waals surface area (Å²) in [5, 5.41) is 4.17. The molecule has 7 heteroatoms. The number of nitrogens with zero attached hydrogens (tertiary/aromatic N) is 1. The van der Waals surface area contributed by atoms with Gasteiger partial charge < -0.3 is 15.0 Å². The summed E-state index contributed by atoms with van der Waals surface area (Å²) in [6.07, 6.45) is 0.649. The first-order valence-electron chi connectivity index (χ1n) is 7.71.